The van der Waals surface area contributed by atoms with E-state index < -0.39 is 0 Å². The highest BCUT2D eigenvalue weighted by Crippen LogP contribution is 2.13. The fraction of sp³-hybridized carbons (Fsp3) is 0.312. The van der Waals surface area contributed by atoms with E-state index in [4.69, 9.17) is 0 Å². The Morgan fingerprint density at radius 2 is 2.06 bits per heavy atom. The standard InChI is InChI=1S/C16H20N2/c1-3-10-17-12-13(2)11-15-9-8-14-6-4-5-7-16(14)18-15/h4-9,11,17H,3,10,12H2,1-2H3. The van der Waals surface area contributed by atoms with Crippen LogP contribution in [0, 0.1) is 0 Å². The first kappa shape index (κ1) is 12.8. The average Bonchev–Trinajstić information content (AvgIpc) is 2.39. The molecule has 94 valence electrons. The molecule has 0 radical (unpaired) electrons. The number of hydrogen-bond donors (Lipinski definition) is 1. The topological polar surface area (TPSA) is 24.9 Å². The van der Waals surface area contributed by atoms with Crippen LogP contribution in [0.5, 0.6) is 0 Å². The van der Waals surface area contributed by atoms with E-state index in [1.807, 2.05) is 12.1 Å². The van der Waals surface area contributed by atoms with Gasteiger partial charge in [-0.1, -0.05) is 36.8 Å². The number of nitrogens with zero attached hydrogens (tertiary/aromatic N) is 1. The molecule has 1 N–H and O–H groups in total. The van der Waals surface area contributed by atoms with Crippen molar-refractivity contribution >= 4 is 17.0 Å². The number of fused-ring (bicyclic) bond motifs is 1. The molecule has 0 amide bonds. The van der Waals surface area contributed by atoms with Gasteiger partial charge in [0.1, 0.15) is 0 Å². The zero-order valence-electron chi connectivity index (χ0n) is 11.1. The van der Waals surface area contributed by atoms with Crippen LogP contribution in [0.2, 0.25) is 0 Å². The summed E-state index contributed by atoms with van der Waals surface area (Å²) in [5.74, 6) is 0. The molecule has 0 saturated carbocycles. The summed E-state index contributed by atoms with van der Waals surface area (Å²) < 4.78 is 0. The second-order valence-corrected chi connectivity index (χ2v) is 4.60. The van der Waals surface area contributed by atoms with Gasteiger partial charge in [0, 0.05) is 11.9 Å². The molecule has 0 aliphatic heterocycles. The van der Waals surface area contributed by atoms with Gasteiger partial charge in [-0.15, -0.1) is 0 Å². The number of hydrogen-bond acceptors (Lipinski definition) is 2. The van der Waals surface area contributed by atoms with Crippen molar-refractivity contribution in [1.29, 1.82) is 0 Å². The molecule has 0 spiro atoms. The van der Waals surface area contributed by atoms with Crippen LogP contribution in [-0.4, -0.2) is 18.1 Å². The quantitative estimate of drug-likeness (QED) is 0.807. The highest BCUT2D eigenvalue weighted by Gasteiger charge is 1.96. The monoisotopic (exact) mass is 240 g/mol. The molecule has 1 aromatic heterocycles. The van der Waals surface area contributed by atoms with E-state index in [2.05, 4.69) is 54.5 Å². The van der Waals surface area contributed by atoms with E-state index in [0.29, 0.717) is 0 Å². The molecule has 2 rings (SSSR count). The van der Waals surface area contributed by atoms with Gasteiger partial charge >= 0.3 is 0 Å². The van der Waals surface area contributed by atoms with Crippen molar-refractivity contribution in [3.05, 3.63) is 47.7 Å². The minimum absolute atomic E-state index is 0.933. The molecule has 0 unspecified atom stereocenters. The fourth-order valence-electron chi connectivity index (χ4n) is 1.93. The number of pyridine rings is 1. The number of aromatic nitrogens is 1. The van der Waals surface area contributed by atoms with Crippen LogP contribution in [0.15, 0.2) is 42.0 Å². The summed E-state index contributed by atoms with van der Waals surface area (Å²) in [5.41, 5.74) is 3.40. The van der Waals surface area contributed by atoms with Crippen LogP contribution in [0.3, 0.4) is 0 Å². The Balaban J connectivity index is 2.13. The minimum atomic E-state index is 0.933. The van der Waals surface area contributed by atoms with Crippen molar-refractivity contribution in [1.82, 2.24) is 10.3 Å². The summed E-state index contributed by atoms with van der Waals surface area (Å²) in [6, 6.07) is 12.4. The molecule has 2 aromatic rings. The predicted octanol–water partition coefficient (Wildman–Crippen LogP) is 3.64. The summed E-state index contributed by atoms with van der Waals surface area (Å²) in [6.07, 6.45) is 3.32. The molecule has 0 aliphatic rings. The lowest BCUT2D eigenvalue weighted by molar-refractivity contribution is 0.715. The van der Waals surface area contributed by atoms with Crippen LogP contribution >= 0.6 is 0 Å². The number of nitrogens with one attached hydrogen (secondary N) is 1. The van der Waals surface area contributed by atoms with Crippen LogP contribution < -0.4 is 5.32 Å². The van der Waals surface area contributed by atoms with Crippen molar-refractivity contribution in [3.63, 3.8) is 0 Å². The SMILES string of the molecule is CCCNCC(C)=Cc1ccc2ccccc2n1. The van der Waals surface area contributed by atoms with Crippen molar-refractivity contribution in [3.8, 4) is 0 Å². The summed E-state index contributed by atoms with van der Waals surface area (Å²) in [4.78, 5) is 4.64. The molecule has 0 fully saturated rings. The largest absolute Gasteiger partial charge is 0.313 e. The van der Waals surface area contributed by atoms with Crippen LogP contribution in [0.25, 0.3) is 17.0 Å². The Morgan fingerprint density at radius 1 is 1.22 bits per heavy atom. The average molecular weight is 240 g/mol. The normalized spacial score (nSPS) is 12.0. The molecule has 18 heavy (non-hydrogen) atoms. The maximum Gasteiger partial charge on any atom is 0.0709 e. The van der Waals surface area contributed by atoms with E-state index in [9.17, 15) is 0 Å². The number of benzene rings is 1. The first-order valence-corrected chi connectivity index (χ1v) is 6.53. The molecule has 2 heteroatoms. The van der Waals surface area contributed by atoms with Crippen LogP contribution in [0.1, 0.15) is 26.0 Å². The third-order valence-electron chi connectivity index (χ3n) is 2.84. The van der Waals surface area contributed by atoms with Crippen LogP contribution in [-0.2, 0) is 0 Å². The van der Waals surface area contributed by atoms with E-state index in [-0.39, 0.29) is 0 Å². The van der Waals surface area contributed by atoms with E-state index >= 15 is 0 Å². The zero-order chi connectivity index (χ0) is 12.8. The van der Waals surface area contributed by atoms with Gasteiger partial charge in [-0.05, 0) is 38.1 Å². The Bertz CT molecular complexity index is 544. The van der Waals surface area contributed by atoms with Gasteiger partial charge in [-0.25, -0.2) is 4.98 Å². The third kappa shape index (κ3) is 3.41. The molecule has 0 bridgehead atoms. The second-order valence-electron chi connectivity index (χ2n) is 4.60. The molecular formula is C16H20N2. The first-order chi connectivity index (χ1) is 8.79. The molecule has 1 heterocycles. The molecule has 0 saturated heterocycles. The predicted molar refractivity (Wildman–Crippen MR) is 78.6 cm³/mol. The Hall–Kier alpha value is -1.67. The number of para-hydroxylation sites is 1. The summed E-state index contributed by atoms with van der Waals surface area (Å²) in [7, 11) is 0. The molecule has 0 aliphatic carbocycles. The lowest BCUT2D eigenvalue weighted by Crippen LogP contribution is -2.16. The maximum atomic E-state index is 4.64. The number of rotatable bonds is 5. The van der Waals surface area contributed by atoms with Crippen molar-refractivity contribution in [2.75, 3.05) is 13.1 Å². The molecule has 2 nitrogen and oxygen atoms in total. The maximum absolute atomic E-state index is 4.64. The molecule has 0 atom stereocenters. The zero-order valence-corrected chi connectivity index (χ0v) is 11.1. The smallest absolute Gasteiger partial charge is 0.0709 e. The lowest BCUT2D eigenvalue weighted by Gasteiger charge is -2.04. The van der Waals surface area contributed by atoms with Gasteiger partial charge in [0.2, 0.25) is 0 Å². The van der Waals surface area contributed by atoms with Gasteiger partial charge in [0.15, 0.2) is 0 Å². The summed E-state index contributed by atoms with van der Waals surface area (Å²) in [6.45, 7) is 6.31. The van der Waals surface area contributed by atoms with Gasteiger partial charge in [-0.3, -0.25) is 0 Å². The van der Waals surface area contributed by atoms with E-state index in [1.54, 1.807) is 0 Å². The van der Waals surface area contributed by atoms with Crippen molar-refractivity contribution in [2.45, 2.75) is 20.3 Å². The lowest BCUT2D eigenvalue weighted by atomic mass is 10.1. The minimum Gasteiger partial charge on any atom is -0.313 e. The van der Waals surface area contributed by atoms with E-state index in [0.717, 1.165) is 24.3 Å². The van der Waals surface area contributed by atoms with Gasteiger partial charge in [-0.2, -0.15) is 0 Å². The second kappa shape index (κ2) is 6.31. The summed E-state index contributed by atoms with van der Waals surface area (Å²) in [5, 5.41) is 4.59. The Labute approximate surface area is 109 Å². The van der Waals surface area contributed by atoms with Crippen LogP contribution in [0.4, 0.5) is 0 Å². The van der Waals surface area contributed by atoms with Gasteiger partial charge in [0.05, 0.1) is 11.2 Å². The van der Waals surface area contributed by atoms with Crippen molar-refractivity contribution in [2.24, 2.45) is 0 Å². The fourth-order valence-corrected chi connectivity index (χ4v) is 1.93. The van der Waals surface area contributed by atoms with E-state index in [1.165, 1.54) is 17.4 Å². The Morgan fingerprint density at radius 3 is 2.89 bits per heavy atom. The highest BCUT2D eigenvalue weighted by molar-refractivity contribution is 5.79. The summed E-state index contributed by atoms with van der Waals surface area (Å²) >= 11 is 0. The molecular weight excluding hydrogens is 220 g/mol. The Kier molecular flexibility index (Phi) is 4.48. The van der Waals surface area contributed by atoms with Gasteiger partial charge < -0.3 is 5.32 Å². The van der Waals surface area contributed by atoms with Crippen molar-refractivity contribution < 1.29 is 0 Å². The molecule has 1 aromatic carbocycles. The highest BCUT2D eigenvalue weighted by atomic mass is 14.8. The third-order valence-corrected chi connectivity index (χ3v) is 2.84. The van der Waals surface area contributed by atoms with Gasteiger partial charge in [0.25, 0.3) is 0 Å². The first-order valence-electron chi connectivity index (χ1n) is 6.53.